The Morgan fingerprint density at radius 3 is 1.76 bits per heavy atom. The number of methoxy groups -OCH3 is 1. The molecule has 0 atom stereocenters. The minimum atomic E-state index is 0.284. The minimum Gasteiger partial charge on any atom is -0.508 e. The van der Waals surface area contributed by atoms with Gasteiger partial charge in [0.05, 0.1) is 7.11 Å². The number of rotatable bonds is 3. The maximum atomic E-state index is 9.16. The fraction of sp³-hybridized carbons (Fsp3) is 0.0667. The summed E-state index contributed by atoms with van der Waals surface area (Å²) < 4.78 is 5.09. The Balaban J connectivity index is 2.11. The molecule has 0 bridgehead atoms. The van der Waals surface area contributed by atoms with Crippen molar-refractivity contribution in [3.05, 3.63) is 59.7 Å². The van der Waals surface area contributed by atoms with Crippen LogP contribution in [0, 0.1) is 0 Å². The lowest BCUT2D eigenvalue weighted by Gasteiger charge is -1.99. The van der Waals surface area contributed by atoms with Crippen molar-refractivity contribution in [3.63, 3.8) is 0 Å². The normalized spacial score (nSPS) is 10.6. The number of hydrogen-bond donors (Lipinski definition) is 1. The van der Waals surface area contributed by atoms with Crippen molar-refractivity contribution in [3.8, 4) is 11.5 Å². The molecular weight excluding hydrogens is 212 g/mol. The van der Waals surface area contributed by atoms with Gasteiger partial charge in [-0.05, 0) is 35.4 Å². The molecule has 2 aromatic carbocycles. The van der Waals surface area contributed by atoms with Gasteiger partial charge in [-0.25, -0.2) is 0 Å². The Morgan fingerprint density at radius 2 is 1.29 bits per heavy atom. The van der Waals surface area contributed by atoms with E-state index in [2.05, 4.69) is 0 Å². The molecular formula is C15H14O2. The molecule has 17 heavy (non-hydrogen) atoms. The van der Waals surface area contributed by atoms with Crippen LogP contribution in [0.1, 0.15) is 11.1 Å². The highest BCUT2D eigenvalue weighted by atomic mass is 16.5. The van der Waals surface area contributed by atoms with E-state index in [1.807, 2.05) is 48.6 Å². The molecule has 0 radical (unpaired) electrons. The largest absolute Gasteiger partial charge is 0.508 e. The lowest BCUT2D eigenvalue weighted by Crippen LogP contribution is -1.81. The van der Waals surface area contributed by atoms with Crippen molar-refractivity contribution in [1.82, 2.24) is 0 Å². The van der Waals surface area contributed by atoms with Crippen LogP contribution in [0.4, 0.5) is 0 Å². The molecule has 0 unspecified atom stereocenters. The van der Waals surface area contributed by atoms with E-state index in [1.165, 1.54) is 0 Å². The Labute approximate surface area is 101 Å². The summed E-state index contributed by atoms with van der Waals surface area (Å²) in [6.45, 7) is 0. The van der Waals surface area contributed by atoms with Gasteiger partial charge < -0.3 is 9.84 Å². The average molecular weight is 226 g/mol. The third kappa shape index (κ3) is 3.11. The van der Waals surface area contributed by atoms with Gasteiger partial charge in [0.1, 0.15) is 11.5 Å². The highest BCUT2D eigenvalue weighted by Crippen LogP contribution is 2.15. The first-order valence-corrected chi connectivity index (χ1v) is 5.39. The molecule has 2 aromatic rings. The molecule has 2 heteroatoms. The highest BCUT2D eigenvalue weighted by Gasteiger charge is 1.91. The Bertz CT molecular complexity index is 495. The maximum Gasteiger partial charge on any atom is 0.118 e. The zero-order valence-corrected chi connectivity index (χ0v) is 9.63. The van der Waals surface area contributed by atoms with Crippen LogP contribution < -0.4 is 4.74 Å². The topological polar surface area (TPSA) is 29.5 Å². The summed E-state index contributed by atoms with van der Waals surface area (Å²) in [4.78, 5) is 0. The Kier molecular flexibility index (Phi) is 3.46. The first kappa shape index (κ1) is 11.3. The van der Waals surface area contributed by atoms with Gasteiger partial charge in [0.25, 0.3) is 0 Å². The van der Waals surface area contributed by atoms with Gasteiger partial charge in [-0.1, -0.05) is 36.4 Å². The number of phenolic OH excluding ortho intramolecular Hbond substituents is 1. The molecule has 2 rings (SSSR count). The molecule has 0 spiro atoms. The summed E-state index contributed by atoms with van der Waals surface area (Å²) in [6, 6.07) is 14.9. The van der Waals surface area contributed by atoms with E-state index in [4.69, 9.17) is 9.84 Å². The summed E-state index contributed by atoms with van der Waals surface area (Å²) >= 11 is 0. The predicted octanol–water partition coefficient (Wildman–Crippen LogP) is 3.57. The fourth-order valence-electron chi connectivity index (χ4n) is 1.49. The quantitative estimate of drug-likeness (QED) is 0.811. The second kappa shape index (κ2) is 5.21. The van der Waals surface area contributed by atoms with E-state index in [1.54, 1.807) is 19.2 Å². The molecule has 0 saturated carbocycles. The van der Waals surface area contributed by atoms with Crippen molar-refractivity contribution in [1.29, 1.82) is 0 Å². The summed E-state index contributed by atoms with van der Waals surface area (Å²) in [5.74, 6) is 1.14. The fourth-order valence-corrected chi connectivity index (χ4v) is 1.49. The molecule has 86 valence electrons. The zero-order valence-electron chi connectivity index (χ0n) is 9.63. The molecule has 0 aliphatic carbocycles. The summed E-state index contributed by atoms with van der Waals surface area (Å²) in [6.07, 6.45) is 4.02. The second-order valence-electron chi connectivity index (χ2n) is 3.70. The van der Waals surface area contributed by atoms with Crippen molar-refractivity contribution in [2.45, 2.75) is 0 Å². The Hall–Kier alpha value is -2.22. The van der Waals surface area contributed by atoms with E-state index in [9.17, 15) is 0 Å². The van der Waals surface area contributed by atoms with Crippen LogP contribution in [-0.2, 0) is 0 Å². The highest BCUT2D eigenvalue weighted by molar-refractivity contribution is 5.70. The van der Waals surface area contributed by atoms with Crippen molar-refractivity contribution >= 4 is 12.2 Å². The standard InChI is InChI=1S/C15H14O2/c1-17-15-10-6-13(7-11-15)3-2-12-4-8-14(16)9-5-12/h2-11,16H,1H3. The van der Waals surface area contributed by atoms with Crippen LogP contribution in [0.2, 0.25) is 0 Å². The van der Waals surface area contributed by atoms with Crippen LogP contribution in [0.25, 0.3) is 12.2 Å². The molecule has 0 saturated heterocycles. The number of aromatic hydroxyl groups is 1. The lowest BCUT2D eigenvalue weighted by molar-refractivity contribution is 0.415. The maximum absolute atomic E-state index is 9.16. The second-order valence-corrected chi connectivity index (χ2v) is 3.70. The van der Waals surface area contributed by atoms with Crippen LogP contribution in [0.3, 0.4) is 0 Å². The number of phenols is 1. The average Bonchev–Trinajstić information content (AvgIpc) is 2.39. The molecule has 1 N–H and O–H groups in total. The van der Waals surface area contributed by atoms with Gasteiger partial charge >= 0.3 is 0 Å². The number of hydrogen-bond acceptors (Lipinski definition) is 2. The molecule has 0 fully saturated rings. The Morgan fingerprint density at radius 1 is 0.824 bits per heavy atom. The third-order valence-corrected chi connectivity index (χ3v) is 2.48. The van der Waals surface area contributed by atoms with E-state index in [-0.39, 0.29) is 5.75 Å². The van der Waals surface area contributed by atoms with Gasteiger partial charge in [0, 0.05) is 0 Å². The van der Waals surface area contributed by atoms with E-state index < -0.39 is 0 Å². The van der Waals surface area contributed by atoms with E-state index in [0.717, 1.165) is 16.9 Å². The third-order valence-electron chi connectivity index (χ3n) is 2.48. The van der Waals surface area contributed by atoms with Gasteiger partial charge in [-0.3, -0.25) is 0 Å². The molecule has 0 aromatic heterocycles. The smallest absolute Gasteiger partial charge is 0.118 e. The summed E-state index contributed by atoms with van der Waals surface area (Å²) in [7, 11) is 1.65. The monoisotopic (exact) mass is 226 g/mol. The first-order valence-electron chi connectivity index (χ1n) is 5.39. The van der Waals surface area contributed by atoms with Gasteiger partial charge in [-0.2, -0.15) is 0 Å². The van der Waals surface area contributed by atoms with E-state index >= 15 is 0 Å². The van der Waals surface area contributed by atoms with Crippen LogP contribution >= 0.6 is 0 Å². The predicted molar refractivity (Wildman–Crippen MR) is 70.0 cm³/mol. The van der Waals surface area contributed by atoms with Gasteiger partial charge in [-0.15, -0.1) is 0 Å². The number of benzene rings is 2. The van der Waals surface area contributed by atoms with Crippen LogP contribution in [0.5, 0.6) is 11.5 Å². The molecule has 0 aliphatic heterocycles. The molecule has 0 amide bonds. The van der Waals surface area contributed by atoms with E-state index in [0.29, 0.717) is 0 Å². The SMILES string of the molecule is COc1ccc(C=Cc2ccc(O)cc2)cc1. The molecule has 2 nitrogen and oxygen atoms in total. The molecule has 0 aliphatic rings. The first-order chi connectivity index (χ1) is 8.28. The zero-order chi connectivity index (χ0) is 12.1. The van der Waals surface area contributed by atoms with Crippen LogP contribution in [0.15, 0.2) is 48.5 Å². The molecule has 0 heterocycles. The minimum absolute atomic E-state index is 0.284. The van der Waals surface area contributed by atoms with Gasteiger partial charge in [0.15, 0.2) is 0 Å². The van der Waals surface area contributed by atoms with Crippen LogP contribution in [-0.4, -0.2) is 12.2 Å². The lowest BCUT2D eigenvalue weighted by atomic mass is 10.1. The summed E-state index contributed by atoms with van der Waals surface area (Å²) in [5, 5.41) is 9.16. The number of ether oxygens (including phenoxy) is 1. The van der Waals surface area contributed by atoms with Crippen molar-refractivity contribution < 1.29 is 9.84 Å². The van der Waals surface area contributed by atoms with Gasteiger partial charge in [0.2, 0.25) is 0 Å². The summed E-state index contributed by atoms with van der Waals surface area (Å²) in [5.41, 5.74) is 2.16. The van der Waals surface area contributed by atoms with Crippen molar-refractivity contribution in [2.75, 3.05) is 7.11 Å². The van der Waals surface area contributed by atoms with Crippen molar-refractivity contribution in [2.24, 2.45) is 0 Å².